The first kappa shape index (κ1) is 35.5. The topological polar surface area (TPSA) is 61.8 Å². The van der Waals surface area contributed by atoms with Gasteiger partial charge in [0.15, 0.2) is 0 Å². The third kappa shape index (κ3) is 12.2. The number of alkyl halides is 1. The minimum absolute atomic E-state index is 0.337. The molecule has 1 atom stereocenters. The van der Waals surface area contributed by atoms with Gasteiger partial charge in [-0.1, -0.05) is 0 Å². The molecule has 2 aromatic rings. The summed E-state index contributed by atoms with van der Waals surface area (Å²) < 4.78 is 37.6. The molecule has 8 heteroatoms. The number of benzene rings is 2. The molecule has 0 heterocycles. The Bertz CT molecular complexity index is 955. The first-order valence-corrected chi connectivity index (χ1v) is 26.2. The predicted octanol–water partition coefficient (Wildman–Crippen LogP) is 11.3. The second-order valence-electron chi connectivity index (χ2n) is 11.3. The van der Waals surface area contributed by atoms with Gasteiger partial charge in [-0.05, 0) is 0 Å². The molecule has 1 unspecified atom stereocenters. The van der Waals surface area contributed by atoms with E-state index in [1.165, 1.54) is 51.8 Å². The van der Waals surface area contributed by atoms with Crippen LogP contribution in [0, 0.1) is 5.41 Å². The van der Waals surface area contributed by atoms with Gasteiger partial charge in [-0.3, -0.25) is 0 Å². The van der Waals surface area contributed by atoms with E-state index in [4.69, 9.17) is 13.6 Å². The summed E-state index contributed by atoms with van der Waals surface area (Å²) in [5, 5.41) is 0. The van der Waals surface area contributed by atoms with E-state index >= 15 is 0 Å². The summed E-state index contributed by atoms with van der Waals surface area (Å²) in [6.45, 7) is 8.86. The van der Waals surface area contributed by atoms with Gasteiger partial charge in [0.05, 0.1) is 0 Å². The van der Waals surface area contributed by atoms with Crippen molar-refractivity contribution < 1.29 is 22.9 Å². The number of para-hydroxylation sites is 2. The monoisotopic (exact) mass is 792 g/mol. The van der Waals surface area contributed by atoms with Crippen molar-refractivity contribution in [3.8, 4) is 11.5 Å². The zero-order chi connectivity index (χ0) is 29.3. The van der Waals surface area contributed by atoms with Gasteiger partial charge in [-0.15, -0.1) is 0 Å². The third-order valence-corrected chi connectivity index (χ3v) is 26.2. The summed E-state index contributed by atoms with van der Waals surface area (Å²) in [5.41, 5.74) is -0.715. The Morgan fingerprint density at radius 3 is 1.62 bits per heavy atom. The summed E-state index contributed by atoms with van der Waals surface area (Å²) in [6, 6.07) is 17.6. The second-order valence-corrected chi connectivity index (χ2v) is 27.7. The molecule has 0 N–H and O–H groups in total. The van der Waals surface area contributed by atoms with E-state index < -0.39 is 37.6 Å². The van der Waals surface area contributed by atoms with Gasteiger partial charge in [0.2, 0.25) is 0 Å². The molecule has 0 aliphatic rings. The van der Waals surface area contributed by atoms with Gasteiger partial charge in [-0.25, -0.2) is 0 Å². The van der Waals surface area contributed by atoms with Crippen molar-refractivity contribution in [3.05, 3.63) is 60.7 Å². The van der Waals surface area contributed by atoms with Gasteiger partial charge in [-0.2, -0.15) is 0 Å². The molecule has 2 aromatic carbocycles. The maximum absolute atomic E-state index is 14.2. The van der Waals surface area contributed by atoms with E-state index in [0.717, 1.165) is 28.1 Å². The molecule has 0 aliphatic carbocycles. The number of rotatable bonds is 21. The molecular formula is C32H50IO5PSn. The number of hydrogen-bond donors (Lipinski definition) is 0. The Labute approximate surface area is 261 Å². The standard InChI is InChI=1S/C20H23IO5P.3C4H9.Sn/c1-20(2,15-9-10-16-21)19(22)26-27(23,24-17-11-5-3-6-12-17)25-18-13-7-4-8-14-18;3*1-3-4-2;/h3-8,11-14H,1,9-10,15-16H2,2H3;3*1,3-4H2,2H3;. The van der Waals surface area contributed by atoms with Crippen LogP contribution in [0.1, 0.15) is 85.5 Å². The van der Waals surface area contributed by atoms with Crippen molar-refractivity contribution in [2.45, 2.75) is 103 Å². The minimum atomic E-state index is -4.31. The molecule has 0 radical (unpaired) electrons. The molecule has 5 nitrogen and oxygen atoms in total. The predicted molar refractivity (Wildman–Crippen MR) is 178 cm³/mol. The number of carbonyl (C=O) groups excluding carboxylic acids is 1. The molecule has 0 saturated carbocycles. The molecule has 0 aliphatic heterocycles. The van der Waals surface area contributed by atoms with Crippen molar-refractivity contribution in [2.24, 2.45) is 5.41 Å². The summed E-state index contributed by atoms with van der Waals surface area (Å²) >= 11 is -0.368. The van der Waals surface area contributed by atoms with Crippen LogP contribution in [0.25, 0.3) is 0 Å². The average molecular weight is 791 g/mol. The van der Waals surface area contributed by atoms with Crippen LogP contribution in [0.15, 0.2) is 60.7 Å². The Balaban J connectivity index is 2.45. The normalized spacial score (nSPS) is 13.4. The van der Waals surface area contributed by atoms with Crippen LogP contribution in [-0.4, -0.2) is 28.8 Å². The van der Waals surface area contributed by atoms with E-state index in [-0.39, 0.29) is 0 Å². The van der Waals surface area contributed by atoms with Crippen LogP contribution in [0.2, 0.25) is 17.7 Å². The van der Waals surface area contributed by atoms with Crippen molar-refractivity contribution in [2.75, 3.05) is 4.43 Å². The molecule has 224 valence electrons. The van der Waals surface area contributed by atoms with E-state index in [9.17, 15) is 9.36 Å². The van der Waals surface area contributed by atoms with Crippen molar-refractivity contribution in [1.82, 2.24) is 0 Å². The Hall–Kier alpha value is -0.731. The fourth-order valence-corrected chi connectivity index (χ4v) is 26.1. The van der Waals surface area contributed by atoms with Crippen molar-refractivity contribution in [1.29, 1.82) is 0 Å². The Morgan fingerprint density at radius 1 is 0.775 bits per heavy atom. The first-order valence-electron chi connectivity index (χ1n) is 15.1. The number of unbranched alkanes of at least 4 members (excludes halogenated alkanes) is 4. The van der Waals surface area contributed by atoms with Crippen LogP contribution in [0.5, 0.6) is 11.5 Å². The quantitative estimate of drug-likeness (QED) is 0.0414. The number of hydrogen-bond acceptors (Lipinski definition) is 5. The second kappa shape index (κ2) is 18.7. The van der Waals surface area contributed by atoms with Gasteiger partial charge in [0, 0.05) is 0 Å². The van der Waals surface area contributed by atoms with E-state index in [1.807, 2.05) is 12.1 Å². The van der Waals surface area contributed by atoms with E-state index in [1.54, 1.807) is 48.5 Å². The number of phosphoric ester groups is 1. The van der Waals surface area contributed by atoms with E-state index in [2.05, 4.69) is 50.3 Å². The van der Waals surface area contributed by atoms with Crippen LogP contribution in [-0.2, 0) is 13.9 Å². The molecule has 0 aromatic heterocycles. The Morgan fingerprint density at radius 2 is 1.23 bits per heavy atom. The molecular weight excluding hydrogens is 741 g/mol. The third-order valence-electron chi connectivity index (χ3n) is 7.67. The molecule has 0 amide bonds. The molecule has 0 spiro atoms. The van der Waals surface area contributed by atoms with Gasteiger partial charge in [0.25, 0.3) is 0 Å². The maximum atomic E-state index is 14.2. The van der Waals surface area contributed by atoms with Crippen molar-refractivity contribution >= 4 is 54.8 Å². The number of carbonyl (C=O) groups is 1. The molecule has 40 heavy (non-hydrogen) atoms. The first-order chi connectivity index (χ1) is 19.2. The number of phosphoric acid groups is 1. The van der Waals surface area contributed by atoms with Crippen molar-refractivity contribution in [3.63, 3.8) is 0 Å². The molecule has 0 bridgehead atoms. The fraction of sp³-hybridized carbons (Fsp3) is 0.594. The average Bonchev–Trinajstić information content (AvgIpc) is 2.94. The Kier molecular flexibility index (Phi) is 16.6. The number of halogens is 1. The van der Waals surface area contributed by atoms with Crippen LogP contribution in [0.3, 0.4) is 0 Å². The summed E-state index contributed by atoms with van der Waals surface area (Å²) in [4.78, 5) is 14.2. The van der Waals surface area contributed by atoms with Crippen LogP contribution in [0.4, 0.5) is 0 Å². The van der Waals surface area contributed by atoms with Gasteiger partial charge < -0.3 is 0 Å². The van der Waals surface area contributed by atoms with Crippen LogP contribution >= 0.6 is 30.4 Å². The molecule has 0 fully saturated rings. The molecule has 0 saturated heterocycles. The summed E-state index contributed by atoms with van der Waals surface area (Å²) in [6.07, 6.45) is 9.94. The van der Waals surface area contributed by atoms with Gasteiger partial charge in [0.1, 0.15) is 0 Å². The van der Waals surface area contributed by atoms with E-state index in [0.29, 0.717) is 11.5 Å². The summed E-state index contributed by atoms with van der Waals surface area (Å²) in [7, 11) is -4.31. The fourth-order valence-electron chi connectivity index (χ4n) is 5.48. The van der Waals surface area contributed by atoms with Crippen LogP contribution < -0.4 is 9.05 Å². The zero-order valence-corrected chi connectivity index (χ0v) is 30.9. The SMILES string of the molecule is CCC[CH2][Sn]([CH2]CCC)([CH2]CCC)[CH2]C(C)(CCCCI)C(=O)OP(=O)(Oc1ccccc1)Oc1ccccc1. The summed E-state index contributed by atoms with van der Waals surface area (Å²) in [5.74, 6) is 0.230. The zero-order valence-electron chi connectivity index (χ0n) is 25.0. The molecule has 2 rings (SSSR count). The van der Waals surface area contributed by atoms with Gasteiger partial charge >= 0.3 is 263 Å².